The largest absolute Gasteiger partial charge is 0.461 e. The smallest absolute Gasteiger partial charge is 0.362 e. The van der Waals surface area contributed by atoms with Crippen molar-refractivity contribution in [3.8, 4) is 0 Å². The number of nitrogens with two attached hydrogens (primary N) is 1. The van der Waals surface area contributed by atoms with Crippen LogP contribution in [0, 0.1) is 11.3 Å². The van der Waals surface area contributed by atoms with E-state index in [4.69, 9.17) is 14.9 Å². The number of carbonyl (C=O) groups excluding carboxylic acids is 1. The zero-order valence-corrected chi connectivity index (χ0v) is 12.4. The highest BCUT2D eigenvalue weighted by atomic mass is 16.5. The minimum absolute atomic E-state index is 0.0383. The van der Waals surface area contributed by atoms with Crippen LogP contribution in [-0.4, -0.2) is 17.6 Å². The molecule has 1 aromatic heterocycles. The van der Waals surface area contributed by atoms with Crippen LogP contribution in [0.5, 0.6) is 0 Å². The molecule has 108 valence electrons. The second kappa shape index (κ2) is 6.08. The summed E-state index contributed by atoms with van der Waals surface area (Å²) in [6, 6.07) is 0. The molecular weight excluding hydrogens is 244 g/mol. The predicted molar refractivity (Wildman–Crippen MR) is 73.8 cm³/mol. The van der Waals surface area contributed by atoms with E-state index >= 15 is 0 Å². The van der Waals surface area contributed by atoms with Crippen molar-refractivity contribution in [2.45, 2.75) is 47.5 Å². The normalized spacial score (nSPS) is 13.3. The lowest BCUT2D eigenvalue weighted by Crippen LogP contribution is -2.13. The molecule has 19 heavy (non-hydrogen) atoms. The first-order chi connectivity index (χ1) is 8.73. The number of hydrogen-bond acceptors (Lipinski definition) is 5. The molecule has 0 amide bonds. The standard InChI is InChI=1S/C14H24N2O3/c1-6-18-13(17)11-12(15)19-10(16-11)7-9(2)8-14(3,4)5/h9H,6-8,15H2,1-5H3. The van der Waals surface area contributed by atoms with E-state index in [1.165, 1.54) is 0 Å². The fourth-order valence-electron chi connectivity index (χ4n) is 2.23. The van der Waals surface area contributed by atoms with Crippen molar-refractivity contribution in [2.75, 3.05) is 12.3 Å². The third-order valence-electron chi connectivity index (χ3n) is 2.65. The summed E-state index contributed by atoms with van der Waals surface area (Å²) in [5, 5.41) is 0. The zero-order valence-electron chi connectivity index (χ0n) is 12.4. The summed E-state index contributed by atoms with van der Waals surface area (Å²) in [6.07, 6.45) is 1.71. The molecule has 1 aromatic rings. The number of rotatable bonds is 5. The van der Waals surface area contributed by atoms with Crippen LogP contribution >= 0.6 is 0 Å². The summed E-state index contributed by atoms with van der Waals surface area (Å²) in [6.45, 7) is 10.7. The van der Waals surface area contributed by atoms with Gasteiger partial charge in [0.2, 0.25) is 11.6 Å². The van der Waals surface area contributed by atoms with Gasteiger partial charge in [0.1, 0.15) is 0 Å². The van der Waals surface area contributed by atoms with E-state index in [9.17, 15) is 4.79 Å². The molecule has 1 unspecified atom stereocenters. The fraction of sp³-hybridized carbons (Fsp3) is 0.714. The monoisotopic (exact) mass is 268 g/mol. The van der Waals surface area contributed by atoms with Crippen LogP contribution in [0.15, 0.2) is 4.42 Å². The summed E-state index contributed by atoms with van der Waals surface area (Å²) in [4.78, 5) is 15.7. The van der Waals surface area contributed by atoms with Crippen molar-refractivity contribution in [3.63, 3.8) is 0 Å². The maximum atomic E-state index is 11.6. The van der Waals surface area contributed by atoms with Crippen molar-refractivity contribution < 1.29 is 13.9 Å². The predicted octanol–water partition coefficient (Wildman–Crippen LogP) is 3.05. The van der Waals surface area contributed by atoms with Gasteiger partial charge >= 0.3 is 5.97 Å². The molecule has 0 aliphatic rings. The first-order valence-corrected chi connectivity index (χ1v) is 6.65. The Kier molecular flexibility index (Phi) is 4.97. The summed E-state index contributed by atoms with van der Waals surface area (Å²) in [5.74, 6) is 0.417. The van der Waals surface area contributed by atoms with E-state index in [-0.39, 0.29) is 17.0 Å². The maximum Gasteiger partial charge on any atom is 0.362 e. The van der Waals surface area contributed by atoms with E-state index in [1.807, 2.05) is 0 Å². The lowest BCUT2D eigenvalue weighted by atomic mass is 9.84. The fourth-order valence-corrected chi connectivity index (χ4v) is 2.23. The highest BCUT2D eigenvalue weighted by Gasteiger charge is 2.22. The average molecular weight is 268 g/mol. The minimum atomic E-state index is -0.529. The Hall–Kier alpha value is -1.52. The molecule has 0 aliphatic heterocycles. The SMILES string of the molecule is CCOC(=O)c1nc(CC(C)CC(C)(C)C)oc1N. The molecule has 0 saturated heterocycles. The Bertz CT molecular complexity index is 432. The van der Waals surface area contributed by atoms with E-state index in [2.05, 4.69) is 32.7 Å². The second-order valence-corrected chi connectivity index (χ2v) is 6.12. The summed E-state index contributed by atoms with van der Waals surface area (Å²) in [5.41, 5.74) is 5.98. The quantitative estimate of drug-likeness (QED) is 0.830. The molecule has 5 nitrogen and oxygen atoms in total. The van der Waals surface area contributed by atoms with E-state index in [1.54, 1.807) is 6.92 Å². The number of ether oxygens (including phenoxy) is 1. The Morgan fingerprint density at radius 3 is 2.63 bits per heavy atom. The summed E-state index contributed by atoms with van der Waals surface area (Å²) in [7, 11) is 0. The number of nitrogens with zero attached hydrogens (tertiary/aromatic N) is 1. The molecule has 0 saturated carbocycles. The highest BCUT2D eigenvalue weighted by Crippen LogP contribution is 2.27. The van der Waals surface area contributed by atoms with Gasteiger partial charge in [-0.3, -0.25) is 0 Å². The molecule has 0 radical (unpaired) electrons. The Morgan fingerprint density at radius 2 is 2.11 bits per heavy atom. The average Bonchev–Trinajstić information content (AvgIpc) is 2.56. The molecule has 5 heteroatoms. The molecular formula is C14H24N2O3. The third kappa shape index (κ3) is 4.93. The molecule has 0 bridgehead atoms. The first-order valence-electron chi connectivity index (χ1n) is 6.65. The van der Waals surface area contributed by atoms with Crippen LogP contribution < -0.4 is 5.73 Å². The Balaban J connectivity index is 2.71. The number of esters is 1. The molecule has 0 fully saturated rings. The highest BCUT2D eigenvalue weighted by molar-refractivity contribution is 5.91. The summed E-state index contributed by atoms with van der Waals surface area (Å²) < 4.78 is 10.2. The van der Waals surface area contributed by atoms with Crippen molar-refractivity contribution in [1.82, 2.24) is 4.98 Å². The number of oxazole rings is 1. The van der Waals surface area contributed by atoms with Crippen LogP contribution in [0.25, 0.3) is 0 Å². The van der Waals surface area contributed by atoms with Gasteiger partial charge < -0.3 is 14.9 Å². The van der Waals surface area contributed by atoms with Crippen LogP contribution in [0.3, 0.4) is 0 Å². The molecule has 1 heterocycles. The van der Waals surface area contributed by atoms with E-state index in [0.717, 1.165) is 6.42 Å². The van der Waals surface area contributed by atoms with Gasteiger partial charge in [0.15, 0.2) is 5.89 Å². The van der Waals surface area contributed by atoms with Crippen molar-refractivity contribution in [1.29, 1.82) is 0 Å². The van der Waals surface area contributed by atoms with Gasteiger partial charge in [0.25, 0.3) is 0 Å². The third-order valence-corrected chi connectivity index (χ3v) is 2.65. The number of hydrogen-bond donors (Lipinski definition) is 1. The van der Waals surface area contributed by atoms with Crippen molar-refractivity contribution in [2.24, 2.45) is 11.3 Å². The van der Waals surface area contributed by atoms with Gasteiger partial charge in [-0.05, 0) is 24.7 Å². The molecule has 1 rings (SSSR count). The van der Waals surface area contributed by atoms with Gasteiger partial charge in [0.05, 0.1) is 6.61 Å². The zero-order chi connectivity index (χ0) is 14.6. The number of nitrogen functional groups attached to an aromatic ring is 1. The topological polar surface area (TPSA) is 78.3 Å². The number of carbonyl (C=O) groups is 1. The van der Waals surface area contributed by atoms with Crippen molar-refractivity contribution in [3.05, 3.63) is 11.6 Å². The van der Waals surface area contributed by atoms with E-state index in [0.29, 0.717) is 24.8 Å². The maximum absolute atomic E-state index is 11.6. The van der Waals surface area contributed by atoms with Crippen molar-refractivity contribution >= 4 is 11.9 Å². The van der Waals surface area contributed by atoms with Gasteiger partial charge in [0, 0.05) is 6.42 Å². The van der Waals surface area contributed by atoms with Crippen LogP contribution in [0.2, 0.25) is 0 Å². The van der Waals surface area contributed by atoms with Gasteiger partial charge in [-0.2, -0.15) is 0 Å². The van der Waals surface area contributed by atoms with E-state index < -0.39 is 5.97 Å². The number of anilines is 1. The molecule has 0 aromatic carbocycles. The lowest BCUT2D eigenvalue weighted by molar-refractivity contribution is 0.0521. The lowest BCUT2D eigenvalue weighted by Gasteiger charge is -2.22. The van der Waals surface area contributed by atoms with Crippen LogP contribution in [0.1, 0.15) is 57.4 Å². The van der Waals surface area contributed by atoms with Crippen LogP contribution in [-0.2, 0) is 11.2 Å². The minimum Gasteiger partial charge on any atom is -0.461 e. The molecule has 0 spiro atoms. The van der Waals surface area contributed by atoms with Gasteiger partial charge in [-0.15, -0.1) is 0 Å². The summed E-state index contributed by atoms with van der Waals surface area (Å²) >= 11 is 0. The van der Waals surface area contributed by atoms with Crippen LogP contribution in [0.4, 0.5) is 5.88 Å². The first kappa shape index (κ1) is 15.5. The Morgan fingerprint density at radius 1 is 1.47 bits per heavy atom. The molecule has 2 N–H and O–H groups in total. The second-order valence-electron chi connectivity index (χ2n) is 6.12. The van der Waals surface area contributed by atoms with Gasteiger partial charge in [-0.25, -0.2) is 9.78 Å². The number of aromatic nitrogens is 1. The van der Waals surface area contributed by atoms with Gasteiger partial charge in [-0.1, -0.05) is 27.7 Å². The Labute approximate surface area is 114 Å². The molecule has 0 aliphatic carbocycles. The molecule has 1 atom stereocenters.